The lowest BCUT2D eigenvalue weighted by Crippen LogP contribution is -2.52. The highest BCUT2D eigenvalue weighted by atomic mass is 16.2. The average molecular weight is 211 g/mol. The van der Waals surface area contributed by atoms with E-state index in [0.717, 1.165) is 26.1 Å². The van der Waals surface area contributed by atoms with Crippen molar-refractivity contribution in [2.45, 2.75) is 6.42 Å². The Morgan fingerprint density at radius 1 is 1.47 bits per heavy atom. The summed E-state index contributed by atoms with van der Waals surface area (Å²) in [7, 11) is 2.09. The van der Waals surface area contributed by atoms with E-state index >= 15 is 0 Å². The van der Waals surface area contributed by atoms with Gasteiger partial charge in [0.1, 0.15) is 0 Å². The normalized spacial score (nSPS) is 28.3. The Labute approximate surface area is 89.4 Å². The van der Waals surface area contributed by atoms with Gasteiger partial charge in [-0.1, -0.05) is 0 Å². The number of hydrogen-bond acceptors (Lipinski definition) is 3. The molecule has 5 nitrogen and oxygen atoms in total. The van der Waals surface area contributed by atoms with Crippen LogP contribution in [-0.2, 0) is 9.59 Å². The van der Waals surface area contributed by atoms with E-state index < -0.39 is 0 Å². The lowest BCUT2D eigenvalue weighted by molar-refractivity contribution is -0.141. The summed E-state index contributed by atoms with van der Waals surface area (Å²) in [5.41, 5.74) is 0. The molecule has 0 aromatic rings. The highest BCUT2D eigenvalue weighted by molar-refractivity contribution is 5.92. The maximum Gasteiger partial charge on any atom is 0.242 e. The van der Waals surface area contributed by atoms with Gasteiger partial charge in [0.05, 0.1) is 13.1 Å². The number of carbonyl (C=O) groups is 2. The van der Waals surface area contributed by atoms with E-state index in [1.54, 1.807) is 4.90 Å². The van der Waals surface area contributed by atoms with Gasteiger partial charge in [-0.15, -0.1) is 0 Å². The first-order valence-corrected chi connectivity index (χ1v) is 5.38. The molecule has 0 radical (unpaired) electrons. The molecular weight excluding hydrogens is 194 g/mol. The Morgan fingerprint density at radius 3 is 2.93 bits per heavy atom. The lowest BCUT2D eigenvalue weighted by Gasteiger charge is -2.28. The predicted octanol–water partition coefficient (Wildman–Crippen LogP) is -1.10. The summed E-state index contributed by atoms with van der Waals surface area (Å²) >= 11 is 0. The summed E-state index contributed by atoms with van der Waals surface area (Å²) < 4.78 is 0. The number of amides is 2. The van der Waals surface area contributed by atoms with Crippen LogP contribution in [0.4, 0.5) is 0 Å². The Kier molecular flexibility index (Phi) is 2.90. The molecule has 2 amide bonds. The molecule has 0 bridgehead atoms. The second kappa shape index (κ2) is 4.18. The van der Waals surface area contributed by atoms with Gasteiger partial charge in [-0.2, -0.15) is 0 Å². The number of nitrogens with zero attached hydrogens (tertiary/aromatic N) is 2. The molecule has 2 saturated heterocycles. The van der Waals surface area contributed by atoms with E-state index in [1.807, 2.05) is 0 Å². The fourth-order valence-corrected chi connectivity index (χ4v) is 2.26. The van der Waals surface area contributed by atoms with Gasteiger partial charge in [0.25, 0.3) is 0 Å². The van der Waals surface area contributed by atoms with Crippen LogP contribution in [0, 0.1) is 5.92 Å². The fourth-order valence-electron chi connectivity index (χ4n) is 2.26. The van der Waals surface area contributed by atoms with Crippen molar-refractivity contribution in [3.63, 3.8) is 0 Å². The number of hydrogen-bond donors (Lipinski definition) is 1. The second-order valence-corrected chi connectivity index (χ2v) is 4.47. The van der Waals surface area contributed by atoms with Crippen molar-refractivity contribution < 1.29 is 9.59 Å². The van der Waals surface area contributed by atoms with E-state index in [2.05, 4.69) is 17.3 Å². The first-order chi connectivity index (χ1) is 7.15. The van der Waals surface area contributed by atoms with Gasteiger partial charge in [0, 0.05) is 13.1 Å². The third-order valence-corrected chi connectivity index (χ3v) is 3.09. The topological polar surface area (TPSA) is 52.6 Å². The van der Waals surface area contributed by atoms with E-state index in [9.17, 15) is 9.59 Å². The van der Waals surface area contributed by atoms with Crippen molar-refractivity contribution in [1.29, 1.82) is 0 Å². The molecule has 2 aliphatic rings. The zero-order valence-electron chi connectivity index (χ0n) is 9.03. The average Bonchev–Trinajstić information content (AvgIpc) is 2.58. The van der Waals surface area contributed by atoms with Crippen molar-refractivity contribution in [3.8, 4) is 0 Å². The number of rotatable bonds is 2. The van der Waals surface area contributed by atoms with Crippen LogP contribution in [-0.4, -0.2) is 61.4 Å². The first-order valence-electron chi connectivity index (χ1n) is 5.38. The highest BCUT2D eigenvalue weighted by Crippen LogP contribution is 2.16. The Bertz CT molecular complexity index is 280. The van der Waals surface area contributed by atoms with Crippen LogP contribution in [0.3, 0.4) is 0 Å². The SMILES string of the molecule is CN1CCC(CN2CC(=O)NCC2=O)C1. The van der Waals surface area contributed by atoms with Gasteiger partial charge < -0.3 is 15.1 Å². The standard InChI is InChI=1S/C10H17N3O2/c1-12-3-2-8(5-12)6-13-7-9(14)11-4-10(13)15/h8H,2-7H2,1H3,(H,11,14). The lowest BCUT2D eigenvalue weighted by atomic mass is 10.1. The van der Waals surface area contributed by atoms with Gasteiger partial charge in [-0.05, 0) is 25.9 Å². The molecule has 0 aliphatic carbocycles. The third-order valence-electron chi connectivity index (χ3n) is 3.09. The maximum absolute atomic E-state index is 11.5. The summed E-state index contributed by atoms with van der Waals surface area (Å²) in [4.78, 5) is 26.6. The zero-order chi connectivity index (χ0) is 10.8. The molecule has 0 saturated carbocycles. The summed E-state index contributed by atoms with van der Waals surface area (Å²) in [6, 6.07) is 0. The van der Waals surface area contributed by atoms with E-state index in [1.165, 1.54) is 0 Å². The number of carbonyl (C=O) groups excluding carboxylic acids is 2. The molecular formula is C10H17N3O2. The zero-order valence-corrected chi connectivity index (χ0v) is 9.03. The molecule has 2 fully saturated rings. The summed E-state index contributed by atoms with van der Waals surface area (Å²) in [6.45, 7) is 3.27. The highest BCUT2D eigenvalue weighted by Gasteiger charge is 2.28. The molecule has 1 atom stereocenters. The minimum Gasteiger partial charge on any atom is -0.345 e. The van der Waals surface area contributed by atoms with Crippen molar-refractivity contribution >= 4 is 11.8 Å². The van der Waals surface area contributed by atoms with E-state index in [0.29, 0.717) is 5.92 Å². The van der Waals surface area contributed by atoms with E-state index in [-0.39, 0.29) is 24.9 Å². The Morgan fingerprint density at radius 2 is 2.27 bits per heavy atom. The molecule has 2 aliphatic heterocycles. The Hall–Kier alpha value is -1.10. The van der Waals surface area contributed by atoms with Crippen molar-refractivity contribution in [3.05, 3.63) is 0 Å². The smallest absolute Gasteiger partial charge is 0.242 e. The molecule has 0 aromatic heterocycles. The molecule has 2 heterocycles. The van der Waals surface area contributed by atoms with Gasteiger partial charge in [-0.25, -0.2) is 0 Å². The molecule has 15 heavy (non-hydrogen) atoms. The van der Waals surface area contributed by atoms with Gasteiger partial charge in [0.15, 0.2) is 0 Å². The largest absolute Gasteiger partial charge is 0.345 e. The van der Waals surface area contributed by atoms with E-state index in [4.69, 9.17) is 0 Å². The van der Waals surface area contributed by atoms with Crippen LogP contribution in [0.2, 0.25) is 0 Å². The van der Waals surface area contributed by atoms with Crippen LogP contribution in [0.15, 0.2) is 0 Å². The first kappa shape index (κ1) is 10.4. The molecule has 1 unspecified atom stereocenters. The number of likely N-dealkylation sites (tertiary alicyclic amines) is 1. The quantitative estimate of drug-likeness (QED) is 0.630. The predicted molar refractivity (Wildman–Crippen MR) is 55.2 cm³/mol. The molecule has 2 rings (SSSR count). The van der Waals surface area contributed by atoms with Crippen LogP contribution < -0.4 is 5.32 Å². The van der Waals surface area contributed by atoms with Crippen molar-refractivity contribution in [1.82, 2.24) is 15.1 Å². The molecule has 1 N–H and O–H groups in total. The molecule has 0 spiro atoms. The Balaban J connectivity index is 1.87. The van der Waals surface area contributed by atoms with Gasteiger partial charge >= 0.3 is 0 Å². The summed E-state index contributed by atoms with van der Waals surface area (Å²) in [5.74, 6) is 0.537. The van der Waals surface area contributed by atoms with Gasteiger partial charge in [-0.3, -0.25) is 9.59 Å². The maximum atomic E-state index is 11.5. The van der Waals surface area contributed by atoms with Crippen LogP contribution >= 0.6 is 0 Å². The summed E-state index contributed by atoms with van der Waals surface area (Å²) in [5, 5.41) is 2.55. The van der Waals surface area contributed by atoms with Crippen LogP contribution in [0.5, 0.6) is 0 Å². The van der Waals surface area contributed by atoms with Crippen molar-refractivity contribution in [2.24, 2.45) is 5.92 Å². The number of piperazine rings is 1. The van der Waals surface area contributed by atoms with Gasteiger partial charge in [0.2, 0.25) is 11.8 Å². The fraction of sp³-hybridized carbons (Fsp3) is 0.800. The minimum absolute atomic E-state index is 0.0408. The second-order valence-electron chi connectivity index (χ2n) is 4.47. The molecule has 0 aromatic carbocycles. The van der Waals surface area contributed by atoms with Crippen LogP contribution in [0.1, 0.15) is 6.42 Å². The molecule has 84 valence electrons. The monoisotopic (exact) mass is 211 g/mol. The van der Waals surface area contributed by atoms with Crippen molar-refractivity contribution in [2.75, 3.05) is 39.8 Å². The molecule has 5 heteroatoms. The van der Waals surface area contributed by atoms with Crippen LogP contribution in [0.25, 0.3) is 0 Å². The third kappa shape index (κ3) is 2.47. The summed E-state index contributed by atoms with van der Waals surface area (Å²) in [6.07, 6.45) is 1.13. The minimum atomic E-state index is -0.0408. The number of nitrogens with one attached hydrogen (secondary N) is 1.